The van der Waals surface area contributed by atoms with Crippen LogP contribution in [0.5, 0.6) is 0 Å². The van der Waals surface area contributed by atoms with Gasteiger partial charge in [-0.3, -0.25) is 4.79 Å². The van der Waals surface area contributed by atoms with Crippen molar-refractivity contribution in [2.24, 2.45) is 10.7 Å². The molecular weight excluding hydrogens is 156 g/mol. The van der Waals surface area contributed by atoms with Crippen molar-refractivity contribution in [1.82, 2.24) is 10.2 Å². The van der Waals surface area contributed by atoms with Crippen molar-refractivity contribution in [3.05, 3.63) is 0 Å². The highest BCUT2D eigenvalue weighted by molar-refractivity contribution is 5.85. The molecule has 70 valence electrons. The SMILES string of the molecule is CCN(CCN)/C(=N/C=O)NC. The lowest BCUT2D eigenvalue weighted by Gasteiger charge is -2.22. The van der Waals surface area contributed by atoms with Crippen LogP contribution < -0.4 is 11.1 Å². The van der Waals surface area contributed by atoms with E-state index >= 15 is 0 Å². The Balaban J connectivity index is 4.21. The summed E-state index contributed by atoms with van der Waals surface area (Å²) in [6, 6.07) is 0. The van der Waals surface area contributed by atoms with Crippen LogP contribution in [0.1, 0.15) is 6.92 Å². The largest absolute Gasteiger partial charge is 0.359 e. The van der Waals surface area contributed by atoms with Crippen LogP contribution in [0.4, 0.5) is 0 Å². The summed E-state index contributed by atoms with van der Waals surface area (Å²) in [4.78, 5) is 15.6. The molecule has 5 nitrogen and oxygen atoms in total. The molecule has 0 saturated heterocycles. The number of carbonyl (C=O) groups is 1. The number of nitrogens with two attached hydrogens (primary N) is 1. The fraction of sp³-hybridized carbons (Fsp3) is 0.714. The number of amides is 1. The van der Waals surface area contributed by atoms with Gasteiger partial charge in [0.25, 0.3) is 0 Å². The number of hydrogen-bond acceptors (Lipinski definition) is 2. The molecule has 0 bridgehead atoms. The van der Waals surface area contributed by atoms with Gasteiger partial charge in [0.15, 0.2) is 0 Å². The van der Waals surface area contributed by atoms with E-state index in [1.807, 2.05) is 11.8 Å². The Morgan fingerprint density at radius 3 is 2.75 bits per heavy atom. The molecule has 0 atom stereocenters. The molecule has 0 aliphatic carbocycles. The van der Waals surface area contributed by atoms with Gasteiger partial charge in [0.1, 0.15) is 0 Å². The zero-order valence-corrected chi connectivity index (χ0v) is 7.58. The highest BCUT2D eigenvalue weighted by atomic mass is 16.1. The maximum absolute atomic E-state index is 10.1. The van der Waals surface area contributed by atoms with E-state index in [0.29, 0.717) is 25.5 Å². The third kappa shape index (κ3) is 3.34. The van der Waals surface area contributed by atoms with E-state index in [1.165, 1.54) is 0 Å². The van der Waals surface area contributed by atoms with Crippen LogP contribution in [0.2, 0.25) is 0 Å². The van der Waals surface area contributed by atoms with Crippen molar-refractivity contribution in [3.63, 3.8) is 0 Å². The van der Waals surface area contributed by atoms with Gasteiger partial charge in [-0.15, -0.1) is 0 Å². The summed E-state index contributed by atoms with van der Waals surface area (Å²) in [5, 5.41) is 2.83. The summed E-state index contributed by atoms with van der Waals surface area (Å²) < 4.78 is 0. The number of nitrogens with one attached hydrogen (secondary N) is 1. The summed E-state index contributed by atoms with van der Waals surface area (Å²) in [6.45, 7) is 4.01. The number of carbonyl (C=O) groups excluding carboxylic acids is 1. The third-order valence-electron chi connectivity index (χ3n) is 1.48. The van der Waals surface area contributed by atoms with E-state index in [9.17, 15) is 4.79 Å². The lowest BCUT2D eigenvalue weighted by atomic mass is 10.5. The molecule has 0 radical (unpaired) electrons. The fourth-order valence-electron chi connectivity index (χ4n) is 0.924. The van der Waals surface area contributed by atoms with Crippen molar-refractivity contribution >= 4 is 12.4 Å². The molecule has 1 amide bonds. The van der Waals surface area contributed by atoms with E-state index < -0.39 is 0 Å². The fourth-order valence-corrected chi connectivity index (χ4v) is 0.924. The molecule has 5 heteroatoms. The lowest BCUT2D eigenvalue weighted by molar-refractivity contribution is -0.106. The molecule has 0 aliphatic heterocycles. The summed E-state index contributed by atoms with van der Waals surface area (Å²) >= 11 is 0. The van der Waals surface area contributed by atoms with Gasteiger partial charge < -0.3 is 16.0 Å². The molecule has 3 N–H and O–H groups in total. The first kappa shape index (κ1) is 10.9. The monoisotopic (exact) mass is 172 g/mol. The third-order valence-corrected chi connectivity index (χ3v) is 1.48. The minimum absolute atomic E-state index is 0.519. The predicted octanol–water partition coefficient (Wildman–Crippen LogP) is -1.00. The second-order valence-corrected chi connectivity index (χ2v) is 2.18. The summed E-state index contributed by atoms with van der Waals surface area (Å²) in [6.07, 6.45) is 0.519. The molecule has 0 fully saturated rings. The van der Waals surface area contributed by atoms with Gasteiger partial charge >= 0.3 is 0 Å². The van der Waals surface area contributed by atoms with Gasteiger partial charge in [0.05, 0.1) is 0 Å². The Labute approximate surface area is 72.6 Å². The molecule has 12 heavy (non-hydrogen) atoms. The van der Waals surface area contributed by atoms with Crippen LogP contribution in [0, 0.1) is 0 Å². The Morgan fingerprint density at radius 1 is 1.75 bits per heavy atom. The molecule has 0 aromatic rings. The van der Waals surface area contributed by atoms with E-state index in [1.54, 1.807) is 7.05 Å². The topological polar surface area (TPSA) is 70.7 Å². The van der Waals surface area contributed by atoms with Gasteiger partial charge in [-0.2, -0.15) is 4.99 Å². The Bertz CT molecular complexity index is 157. The zero-order chi connectivity index (χ0) is 9.40. The molecule has 0 spiro atoms. The smallest absolute Gasteiger partial charge is 0.236 e. The van der Waals surface area contributed by atoms with Crippen molar-refractivity contribution in [2.75, 3.05) is 26.7 Å². The Hall–Kier alpha value is -1.10. The number of guanidine groups is 1. The normalized spacial score (nSPS) is 11.1. The van der Waals surface area contributed by atoms with E-state index in [4.69, 9.17) is 5.73 Å². The summed E-state index contributed by atoms with van der Waals surface area (Å²) in [5.41, 5.74) is 5.38. The maximum Gasteiger partial charge on any atom is 0.236 e. The highest BCUT2D eigenvalue weighted by Crippen LogP contribution is 1.86. The maximum atomic E-state index is 10.1. The predicted molar refractivity (Wildman–Crippen MR) is 48.9 cm³/mol. The quantitative estimate of drug-likeness (QED) is 0.324. The second-order valence-electron chi connectivity index (χ2n) is 2.18. The minimum atomic E-state index is 0.519. The first-order chi connectivity index (χ1) is 5.79. The Morgan fingerprint density at radius 2 is 2.42 bits per heavy atom. The number of likely N-dealkylation sites (N-methyl/N-ethyl adjacent to an activating group) is 1. The summed E-state index contributed by atoms with van der Waals surface area (Å²) in [5.74, 6) is 0.568. The number of rotatable bonds is 4. The van der Waals surface area contributed by atoms with Gasteiger partial charge in [-0.25, -0.2) is 0 Å². The summed E-state index contributed by atoms with van der Waals surface area (Å²) in [7, 11) is 1.72. The van der Waals surface area contributed by atoms with Gasteiger partial charge in [-0.05, 0) is 6.92 Å². The first-order valence-corrected chi connectivity index (χ1v) is 3.94. The van der Waals surface area contributed by atoms with Crippen LogP contribution >= 0.6 is 0 Å². The van der Waals surface area contributed by atoms with Gasteiger partial charge in [-0.1, -0.05) is 0 Å². The van der Waals surface area contributed by atoms with Crippen LogP contribution in [-0.2, 0) is 4.79 Å². The zero-order valence-electron chi connectivity index (χ0n) is 7.58. The van der Waals surface area contributed by atoms with Gasteiger partial charge in [0, 0.05) is 26.7 Å². The van der Waals surface area contributed by atoms with E-state index in [0.717, 1.165) is 6.54 Å². The highest BCUT2D eigenvalue weighted by Gasteiger charge is 2.04. The molecule has 0 rings (SSSR count). The number of aliphatic imine (C=N–C) groups is 1. The van der Waals surface area contributed by atoms with Gasteiger partial charge in [0.2, 0.25) is 12.4 Å². The van der Waals surface area contributed by atoms with Crippen LogP contribution in [0.15, 0.2) is 4.99 Å². The second kappa shape index (κ2) is 6.60. The van der Waals surface area contributed by atoms with Crippen LogP contribution in [0.3, 0.4) is 0 Å². The molecular formula is C7H16N4O. The number of hydrogen-bond donors (Lipinski definition) is 2. The Kier molecular flexibility index (Phi) is 6.00. The van der Waals surface area contributed by atoms with Crippen LogP contribution in [-0.4, -0.2) is 44.0 Å². The average molecular weight is 172 g/mol. The molecule has 0 aromatic heterocycles. The lowest BCUT2D eigenvalue weighted by Crippen LogP contribution is -2.42. The first-order valence-electron chi connectivity index (χ1n) is 3.94. The number of nitrogens with zero attached hydrogens (tertiary/aromatic N) is 2. The average Bonchev–Trinajstić information content (AvgIpc) is 2.11. The van der Waals surface area contributed by atoms with Crippen molar-refractivity contribution in [3.8, 4) is 0 Å². The van der Waals surface area contributed by atoms with E-state index in [2.05, 4.69) is 10.3 Å². The molecule has 0 aromatic carbocycles. The molecule has 0 unspecified atom stereocenters. The molecule has 0 heterocycles. The van der Waals surface area contributed by atoms with Crippen molar-refractivity contribution in [2.45, 2.75) is 6.92 Å². The van der Waals surface area contributed by atoms with Crippen LogP contribution in [0.25, 0.3) is 0 Å². The van der Waals surface area contributed by atoms with E-state index in [-0.39, 0.29) is 0 Å². The minimum Gasteiger partial charge on any atom is -0.359 e. The standard InChI is InChI=1S/C7H16N4O/c1-3-11(5-4-8)7(9-2)10-6-12/h6H,3-5,8H2,1-2H3,(H,9,10,12). The molecule has 0 aliphatic rings. The van der Waals surface area contributed by atoms with Crippen molar-refractivity contribution in [1.29, 1.82) is 0 Å². The molecule has 0 saturated carbocycles. The van der Waals surface area contributed by atoms with Crippen molar-refractivity contribution < 1.29 is 4.79 Å².